The number of rotatable bonds is 3. The van der Waals surface area contributed by atoms with E-state index in [4.69, 9.17) is 0 Å². The van der Waals surface area contributed by atoms with E-state index in [0.29, 0.717) is 6.04 Å². The SMILES string of the molecule is C[C@H]1CN(c2ccc(S(=O)(=O)N(C)C)cn2)CCN1. The Balaban J connectivity index is 2.19. The van der Waals surface area contributed by atoms with Crippen molar-refractivity contribution in [3.63, 3.8) is 0 Å². The van der Waals surface area contributed by atoms with Gasteiger partial charge in [-0.25, -0.2) is 17.7 Å². The fourth-order valence-electron chi connectivity index (χ4n) is 2.06. The molecule has 0 aliphatic carbocycles. The second-order valence-corrected chi connectivity index (χ2v) is 7.09. The number of anilines is 1. The first-order chi connectivity index (χ1) is 8.91. The van der Waals surface area contributed by atoms with Gasteiger partial charge in [-0.15, -0.1) is 0 Å². The second-order valence-electron chi connectivity index (χ2n) is 4.94. The molecule has 0 amide bonds. The molecule has 2 rings (SSSR count). The first-order valence-corrected chi connectivity index (χ1v) is 7.72. The van der Waals surface area contributed by atoms with Crippen LogP contribution in [0, 0.1) is 0 Å². The van der Waals surface area contributed by atoms with Crippen molar-refractivity contribution in [2.24, 2.45) is 0 Å². The van der Waals surface area contributed by atoms with Crippen LogP contribution in [0.25, 0.3) is 0 Å². The van der Waals surface area contributed by atoms with Gasteiger partial charge in [-0.1, -0.05) is 0 Å². The topological polar surface area (TPSA) is 65.5 Å². The first kappa shape index (κ1) is 14.2. The molecule has 1 aliphatic heterocycles. The summed E-state index contributed by atoms with van der Waals surface area (Å²) in [5.74, 6) is 0.825. The van der Waals surface area contributed by atoms with Gasteiger partial charge in [0.25, 0.3) is 0 Å². The molecule has 0 spiro atoms. The third-order valence-electron chi connectivity index (χ3n) is 3.19. The van der Waals surface area contributed by atoms with Crippen molar-refractivity contribution in [2.45, 2.75) is 17.9 Å². The van der Waals surface area contributed by atoms with Crippen molar-refractivity contribution < 1.29 is 8.42 Å². The summed E-state index contributed by atoms with van der Waals surface area (Å²) in [5.41, 5.74) is 0. The molecule has 1 fully saturated rings. The summed E-state index contributed by atoms with van der Waals surface area (Å²) in [4.78, 5) is 6.66. The van der Waals surface area contributed by atoms with Gasteiger partial charge in [0.1, 0.15) is 10.7 Å². The zero-order valence-corrected chi connectivity index (χ0v) is 12.3. The van der Waals surface area contributed by atoms with Crippen LogP contribution in [0.5, 0.6) is 0 Å². The lowest BCUT2D eigenvalue weighted by Gasteiger charge is -2.32. The Kier molecular flexibility index (Phi) is 4.07. The predicted octanol–water partition coefficient (Wildman–Crippen LogP) is 0.130. The summed E-state index contributed by atoms with van der Waals surface area (Å²) in [5, 5.41) is 3.36. The van der Waals surface area contributed by atoms with E-state index in [1.54, 1.807) is 12.1 Å². The highest BCUT2D eigenvalue weighted by Crippen LogP contribution is 2.17. The van der Waals surface area contributed by atoms with Crippen molar-refractivity contribution >= 4 is 15.8 Å². The summed E-state index contributed by atoms with van der Waals surface area (Å²) < 4.78 is 25.1. The molecule has 0 bridgehead atoms. The van der Waals surface area contributed by atoms with Gasteiger partial charge < -0.3 is 10.2 Å². The van der Waals surface area contributed by atoms with E-state index < -0.39 is 10.0 Å². The van der Waals surface area contributed by atoms with Crippen molar-refractivity contribution in [3.05, 3.63) is 18.3 Å². The van der Waals surface area contributed by atoms with Crippen molar-refractivity contribution in [2.75, 3.05) is 38.6 Å². The van der Waals surface area contributed by atoms with Crippen LogP contribution in [0.1, 0.15) is 6.92 Å². The number of piperazine rings is 1. The molecule has 1 aromatic heterocycles. The zero-order valence-electron chi connectivity index (χ0n) is 11.5. The number of aromatic nitrogens is 1. The van der Waals surface area contributed by atoms with Crippen LogP contribution >= 0.6 is 0 Å². The lowest BCUT2D eigenvalue weighted by molar-refractivity contribution is 0.482. The largest absolute Gasteiger partial charge is 0.354 e. The van der Waals surface area contributed by atoms with E-state index in [1.807, 2.05) is 0 Å². The van der Waals surface area contributed by atoms with Gasteiger partial charge in [0, 0.05) is 46.0 Å². The highest BCUT2D eigenvalue weighted by molar-refractivity contribution is 7.89. The van der Waals surface area contributed by atoms with Crippen LogP contribution < -0.4 is 10.2 Å². The Morgan fingerprint density at radius 2 is 2.16 bits per heavy atom. The zero-order chi connectivity index (χ0) is 14.0. The van der Waals surface area contributed by atoms with Crippen LogP contribution in [0.3, 0.4) is 0 Å². The van der Waals surface area contributed by atoms with E-state index in [1.165, 1.54) is 24.6 Å². The number of nitrogens with zero attached hydrogens (tertiary/aromatic N) is 3. The van der Waals surface area contributed by atoms with E-state index in [-0.39, 0.29) is 4.90 Å². The van der Waals surface area contributed by atoms with E-state index >= 15 is 0 Å². The maximum atomic E-state index is 11.9. The minimum atomic E-state index is -3.40. The van der Waals surface area contributed by atoms with Crippen LogP contribution in [0.2, 0.25) is 0 Å². The fourth-order valence-corrected chi connectivity index (χ4v) is 2.91. The molecule has 106 valence electrons. The lowest BCUT2D eigenvalue weighted by Crippen LogP contribution is -2.49. The summed E-state index contributed by atoms with van der Waals surface area (Å²) in [6.07, 6.45) is 1.43. The lowest BCUT2D eigenvalue weighted by atomic mass is 10.2. The third-order valence-corrected chi connectivity index (χ3v) is 4.99. The quantitative estimate of drug-likeness (QED) is 0.855. The number of pyridine rings is 1. The Morgan fingerprint density at radius 1 is 1.42 bits per heavy atom. The molecule has 6 nitrogen and oxygen atoms in total. The maximum absolute atomic E-state index is 11.9. The third kappa shape index (κ3) is 3.05. The van der Waals surface area contributed by atoms with Gasteiger partial charge in [-0.05, 0) is 19.1 Å². The van der Waals surface area contributed by atoms with Gasteiger partial charge in [0.05, 0.1) is 0 Å². The monoisotopic (exact) mass is 284 g/mol. The average molecular weight is 284 g/mol. The maximum Gasteiger partial charge on any atom is 0.244 e. The van der Waals surface area contributed by atoms with E-state index in [2.05, 4.69) is 22.1 Å². The highest BCUT2D eigenvalue weighted by Gasteiger charge is 2.20. The Hall–Kier alpha value is -1.18. The van der Waals surface area contributed by atoms with Gasteiger partial charge in [0.2, 0.25) is 10.0 Å². The molecule has 0 unspecified atom stereocenters. The Morgan fingerprint density at radius 3 is 2.68 bits per heavy atom. The molecule has 1 N–H and O–H groups in total. The summed E-state index contributed by atoms with van der Waals surface area (Å²) in [7, 11) is -0.365. The number of hydrogen-bond acceptors (Lipinski definition) is 5. The average Bonchev–Trinajstić information content (AvgIpc) is 2.38. The van der Waals surface area contributed by atoms with Crippen molar-refractivity contribution in [1.29, 1.82) is 0 Å². The minimum absolute atomic E-state index is 0.226. The van der Waals surface area contributed by atoms with Gasteiger partial charge in [-0.2, -0.15) is 0 Å². The van der Waals surface area contributed by atoms with Crippen LogP contribution in [0.4, 0.5) is 5.82 Å². The van der Waals surface area contributed by atoms with Crippen molar-refractivity contribution in [1.82, 2.24) is 14.6 Å². The number of hydrogen-bond donors (Lipinski definition) is 1. The van der Waals surface area contributed by atoms with Gasteiger partial charge in [-0.3, -0.25) is 0 Å². The Labute approximate surface area is 114 Å². The van der Waals surface area contributed by atoms with Crippen molar-refractivity contribution in [3.8, 4) is 0 Å². The van der Waals surface area contributed by atoms with Gasteiger partial charge >= 0.3 is 0 Å². The molecule has 2 heterocycles. The molecular formula is C12H20N4O2S. The molecule has 0 saturated carbocycles. The standard InChI is InChI=1S/C12H20N4O2S/c1-10-9-16(7-6-13-10)12-5-4-11(8-14-12)19(17,18)15(2)3/h4-5,8,10,13H,6-7,9H2,1-3H3/t10-/m0/s1. The molecule has 19 heavy (non-hydrogen) atoms. The molecule has 1 atom stereocenters. The molecule has 7 heteroatoms. The number of sulfonamides is 1. The Bertz CT molecular complexity index is 527. The van der Waals surface area contributed by atoms with E-state index in [9.17, 15) is 8.42 Å². The predicted molar refractivity (Wildman–Crippen MR) is 74.8 cm³/mol. The first-order valence-electron chi connectivity index (χ1n) is 6.28. The molecular weight excluding hydrogens is 264 g/mol. The minimum Gasteiger partial charge on any atom is -0.354 e. The second kappa shape index (κ2) is 5.44. The van der Waals surface area contributed by atoms with E-state index in [0.717, 1.165) is 25.5 Å². The smallest absolute Gasteiger partial charge is 0.244 e. The normalized spacial score (nSPS) is 20.8. The summed E-state index contributed by atoms with van der Waals surface area (Å²) in [6.45, 7) is 4.81. The summed E-state index contributed by atoms with van der Waals surface area (Å²) >= 11 is 0. The molecule has 1 saturated heterocycles. The van der Waals surface area contributed by atoms with Crippen LogP contribution in [-0.4, -0.2) is 57.5 Å². The molecule has 0 radical (unpaired) electrons. The molecule has 1 aliphatic rings. The van der Waals surface area contributed by atoms with Gasteiger partial charge in [0.15, 0.2) is 0 Å². The number of nitrogens with one attached hydrogen (secondary N) is 1. The fraction of sp³-hybridized carbons (Fsp3) is 0.583. The summed E-state index contributed by atoms with van der Waals surface area (Å²) in [6, 6.07) is 3.81. The van der Waals surface area contributed by atoms with Crippen LogP contribution in [0.15, 0.2) is 23.2 Å². The molecule has 0 aromatic carbocycles. The molecule has 1 aromatic rings. The highest BCUT2D eigenvalue weighted by atomic mass is 32.2. The van der Waals surface area contributed by atoms with Crippen LogP contribution in [-0.2, 0) is 10.0 Å².